The van der Waals surface area contributed by atoms with Gasteiger partial charge in [-0.2, -0.15) is 0 Å². The second-order valence-corrected chi connectivity index (χ2v) is 6.01. The van der Waals surface area contributed by atoms with E-state index in [2.05, 4.69) is 52.1 Å². The second kappa shape index (κ2) is 7.11. The molecule has 2 aromatic heterocycles. The monoisotopic (exact) mass is 324 g/mol. The average Bonchev–Trinajstić information content (AvgIpc) is 2.94. The zero-order chi connectivity index (χ0) is 17.1. The summed E-state index contributed by atoms with van der Waals surface area (Å²) in [5.74, 6) is 1.05. The van der Waals surface area contributed by atoms with E-state index >= 15 is 0 Å². The van der Waals surface area contributed by atoms with Crippen molar-refractivity contribution in [2.24, 2.45) is 0 Å². The van der Waals surface area contributed by atoms with Crippen molar-refractivity contribution in [3.05, 3.63) is 53.1 Å². The number of pyridine rings is 1. The third kappa shape index (κ3) is 3.18. The summed E-state index contributed by atoms with van der Waals surface area (Å²) in [5, 5.41) is 11.7. The number of aliphatic hydroxyl groups is 1. The minimum absolute atomic E-state index is 0.0196. The van der Waals surface area contributed by atoms with Crippen LogP contribution < -0.4 is 5.32 Å². The first kappa shape index (κ1) is 16.6. The number of nitrogens with one attached hydrogen (secondary N) is 1. The lowest BCUT2D eigenvalue weighted by atomic mass is 10.1. The standard InChI is InChI=1S/C19H24N4O/c1-4-18-22-19-14(3)21-13(2)11-17(19)23(18)16-7-5-15(6-8-16)9-10-20-12-24/h5-8,11,20,24H,4,9-10,12H2,1-3H3. The largest absolute Gasteiger partial charge is 0.381 e. The molecule has 0 bridgehead atoms. The first-order valence-electron chi connectivity index (χ1n) is 8.40. The molecule has 0 aliphatic rings. The lowest BCUT2D eigenvalue weighted by Gasteiger charge is -2.10. The molecule has 0 atom stereocenters. The zero-order valence-corrected chi connectivity index (χ0v) is 14.5. The molecule has 0 aliphatic heterocycles. The highest BCUT2D eigenvalue weighted by Gasteiger charge is 2.14. The van der Waals surface area contributed by atoms with Crippen molar-refractivity contribution in [1.82, 2.24) is 19.9 Å². The van der Waals surface area contributed by atoms with Gasteiger partial charge in [-0.05, 0) is 44.0 Å². The lowest BCUT2D eigenvalue weighted by molar-refractivity contribution is 0.262. The van der Waals surface area contributed by atoms with Gasteiger partial charge in [-0.3, -0.25) is 14.9 Å². The average molecular weight is 324 g/mol. The van der Waals surface area contributed by atoms with Gasteiger partial charge in [0, 0.05) is 24.3 Å². The summed E-state index contributed by atoms with van der Waals surface area (Å²) in [6.07, 6.45) is 1.77. The highest BCUT2D eigenvalue weighted by atomic mass is 16.3. The van der Waals surface area contributed by atoms with Crippen molar-refractivity contribution < 1.29 is 5.11 Å². The third-order valence-corrected chi connectivity index (χ3v) is 4.23. The van der Waals surface area contributed by atoms with Crippen molar-refractivity contribution >= 4 is 11.0 Å². The Bertz CT molecular complexity index is 837. The van der Waals surface area contributed by atoms with Crippen LogP contribution in [0.3, 0.4) is 0 Å². The Morgan fingerprint density at radius 3 is 2.54 bits per heavy atom. The number of hydrogen-bond donors (Lipinski definition) is 2. The first-order valence-corrected chi connectivity index (χ1v) is 8.40. The third-order valence-electron chi connectivity index (χ3n) is 4.23. The van der Waals surface area contributed by atoms with Crippen LogP contribution in [0.5, 0.6) is 0 Å². The van der Waals surface area contributed by atoms with E-state index in [9.17, 15) is 0 Å². The van der Waals surface area contributed by atoms with Gasteiger partial charge in [0.2, 0.25) is 0 Å². The number of nitrogens with zero attached hydrogens (tertiary/aromatic N) is 3. The number of imidazole rings is 1. The van der Waals surface area contributed by atoms with Crippen molar-refractivity contribution in [3.8, 4) is 5.69 Å². The number of aryl methyl sites for hydroxylation is 3. The number of aliphatic hydroxyl groups excluding tert-OH is 1. The van der Waals surface area contributed by atoms with Crippen LogP contribution >= 0.6 is 0 Å². The van der Waals surface area contributed by atoms with Crippen molar-refractivity contribution in [3.63, 3.8) is 0 Å². The van der Waals surface area contributed by atoms with Crippen molar-refractivity contribution in [2.45, 2.75) is 33.6 Å². The molecule has 5 heteroatoms. The molecule has 24 heavy (non-hydrogen) atoms. The normalized spacial score (nSPS) is 11.3. The fourth-order valence-electron chi connectivity index (χ4n) is 3.08. The minimum atomic E-state index is 0.0196. The van der Waals surface area contributed by atoms with E-state index in [-0.39, 0.29) is 6.73 Å². The molecule has 126 valence electrons. The van der Waals surface area contributed by atoms with Gasteiger partial charge in [0.25, 0.3) is 0 Å². The van der Waals surface area contributed by atoms with Crippen LogP contribution in [-0.2, 0) is 12.8 Å². The maximum atomic E-state index is 8.79. The second-order valence-electron chi connectivity index (χ2n) is 6.01. The molecule has 0 fully saturated rings. The zero-order valence-electron chi connectivity index (χ0n) is 14.5. The summed E-state index contributed by atoms with van der Waals surface area (Å²) in [6.45, 7) is 6.96. The summed E-state index contributed by atoms with van der Waals surface area (Å²) in [4.78, 5) is 9.33. The maximum Gasteiger partial charge on any atom is 0.114 e. The van der Waals surface area contributed by atoms with Crippen LogP contribution in [0.2, 0.25) is 0 Å². The summed E-state index contributed by atoms with van der Waals surface area (Å²) < 4.78 is 2.23. The van der Waals surface area contributed by atoms with E-state index < -0.39 is 0 Å². The van der Waals surface area contributed by atoms with E-state index in [1.807, 2.05) is 13.8 Å². The van der Waals surface area contributed by atoms with Crippen LogP contribution in [-0.4, -0.2) is 32.9 Å². The van der Waals surface area contributed by atoms with Gasteiger partial charge in [-0.15, -0.1) is 0 Å². The van der Waals surface area contributed by atoms with Crippen molar-refractivity contribution in [2.75, 3.05) is 13.3 Å². The molecule has 1 aromatic carbocycles. The fourth-order valence-corrected chi connectivity index (χ4v) is 3.08. The minimum Gasteiger partial charge on any atom is -0.381 e. The quantitative estimate of drug-likeness (QED) is 0.540. The molecule has 5 nitrogen and oxygen atoms in total. The Morgan fingerprint density at radius 2 is 1.88 bits per heavy atom. The molecule has 0 radical (unpaired) electrons. The summed E-state index contributed by atoms with van der Waals surface area (Å²) in [7, 11) is 0. The number of hydrogen-bond acceptors (Lipinski definition) is 4. The maximum absolute atomic E-state index is 8.79. The van der Waals surface area contributed by atoms with E-state index in [1.165, 1.54) is 5.56 Å². The molecule has 2 N–H and O–H groups in total. The Kier molecular flexibility index (Phi) is 4.92. The van der Waals surface area contributed by atoms with Gasteiger partial charge in [-0.1, -0.05) is 19.1 Å². The van der Waals surface area contributed by atoms with Crippen LogP contribution in [0.4, 0.5) is 0 Å². The van der Waals surface area contributed by atoms with Gasteiger partial charge in [-0.25, -0.2) is 4.98 Å². The number of aromatic nitrogens is 3. The number of rotatable bonds is 6. The highest BCUT2D eigenvalue weighted by molar-refractivity contribution is 5.80. The van der Waals surface area contributed by atoms with E-state index in [1.54, 1.807) is 0 Å². The molecule has 0 unspecified atom stereocenters. The predicted molar refractivity (Wildman–Crippen MR) is 96.5 cm³/mol. The molecule has 0 saturated carbocycles. The number of fused-ring (bicyclic) bond motifs is 1. The SMILES string of the molecule is CCc1nc2c(C)nc(C)cc2n1-c1ccc(CCNCO)cc1. The van der Waals surface area contributed by atoms with Crippen LogP contribution in [0.1, 0.15) is 29.7 Å². The summed E-state index contributed by atoms with van der Waals surface area (Å²) >= 11 is 0. The van der Waals surface area contributed by atoms with Gasteiger partial charge < -0.3 is 5.11 Å². The fraction of sp³-hybridized carbons (Fsp3) is 0.368. The Labute approximate surface area is 142 Å². The van der Waals surface area contributed by atoms with Crippen molar-refractivity contribution in [1.29, 1.82) is 0 Å². The smallest absolute Gasteiger partial charge is 0.114 e. The van der Waals surface area contributed by atoms with Crippen LogP contribution in [0.15, 0.2) is 30.3 Å². The molecular weight excluding hydrogens is 300 g/mol. The Morgan fingerprint density at radius 1 is 1.12 bits per heavy atom. The molecular formula is C19H24N4O. The molecule has 0 amide bonds. The van der Waals surface area contributed by atoms with E-state index in [0.717, 1.165) is 53.3 Å². The van der Waals surface area contributed by atoms with E-state index in [4.69, 9.17) is 10.1 Å². The van der Waals surface area contributed by atoms with Gasteiger partial charge in [0.05, 0.1) is 17.9 Å². The number of benzene rings is 1. The Hall–Kier alpha value is -2.24. The van der Waals surface area contributed by atoms with Gasteiger partial charge >= 0.3 is 0 Å². The first-order chi connectivity index (χ1) is 11.6. The molecule has 0 saturated heterocycles. The Balaban J connectivity index is 2.02. The van der Waals surface area contributed by atoms with Crippen LogP contribution in [0, 0.1) is 13.8 Å². The van der Waals surface area contributed by atoms with Gasteiger partial charge in [0.15, 0.2) is 0 Å². The highest BCUT2D eigenvalue weighted by Crippen LogP contribution is 2.24. The molecule has 0 aliphatic carbocycles. The molecule has 3 aromatic rings. The molecule has 3 rings (SSSR count). The lowest BCUT2D eigenvalue weighted by Crippen LogP contribution is -2.17. The summed E-state index contributed by atoms with van der Waals surface area (Å²) in [6, 6.07) is 10.7. The molecule has 0 spiro atoms. The van der Waals surface area contributed by atoms with E-state index in [0.29, 0.717) is 0 Å². The van der Waals surface area contributed by atoms with Gasteiger partial charge in [0.1, 0.15) is 11.3 Å². The summed E-state index contributed by atoms with van der Waals surface area (Å²) in [5.41, 5.74) is 6.45. The van der Waals surface area contributed by atoms with Crippen LogP contribution in [0.25, 0.3) is 16.7 Å². The predicted octanol–water partition coefficient (Wildman–Crippen LogP) is 2.68. The topological polar surface area (TPSA) is 63.0 Å². The molecule has 2 heterocycles.